The molecule has 0 spiro atoms. The van der Waals surface area contributed by atoms with Crippen LogP contribution in [0, 0.1) is 0 Å². The number of halogens is 3. The van der Waals surface area contributed by atoms with Crippen LogP contribution in [-0.2, 0) is 10.9 Å². The first-order valence-corrected chi connectivity index (χ1v) is 5.60. The van der Waals surface area contributed by atoms with E-state index in [2.05, 4.69) is 14.7 Å². The summed E-state index contributed by atoms with van der Waals surface area (Å²) in [5.41, 5.74) is 5.65. The highest BCUT2D eigenvalue weighted by molar-refractivity contribution is 7.09. The minimum absolute atomic E-state index is 0.141. The van der Waals surface area contributed by atoms with Crippen molar-refractivity contribution in [1.82, 2.24) is 9.36 Å². The highest BCUT2D eigenvalue weighted by atomic mass is 32.1. The molecule has 0 bridgehead atoms. The van der Waals surface area contributed by atoms with Gasteiger partial charge in [0.15, 0.2) is 0 Å². The third-order valence-electron chi connectivity index (χ3n) is 1.85. The van der Waals surface area contributed by atoms with Gasteiger partial charge in [0, 0.05) is 31.2 Å². The Kier molecular flexibility index (Phi) is 5.09. The number of hydrogen-bond acceptors (Lipinski definition) is 6. The summed E-state index contributed by atoms with van der Waals surface area (Å²) in [7, 11) is 1.54. The molecule has 1 heterocycles. The maximum absolute atomic E-state index is 12.2. The van der Waals surface area contributed by atoms with Gasteiger partial charge >= 0.3 is 6.18 Å². The number of alkyl halides is 3. The van der Waals surface area contributed by atoms with E-state index in [4.69, 9.17) is 10.5 Å². The number of nitrogens with zero attached hydrogens (tertiary/aromatic N) is 2. The van der Waals surface area contributed by atoms with Crippen LogP contribution in [0.4, 0.5) is 18.3 Å². The molecular formula is C8H13F3N4OS. The van der Waals surface area contributed by atoms with Crippen molar-refractivity contribution in [2.24, 2.45) is 5.73 Å². The van der Waals surface area contributed by atoms with Gasteiger partial charge in [0.2, 0.25) is 11.0 Å². The number of hydrogen-bond donors (Lipinski definition) is 2. The first-order valence-electron chi connectivity index (χ1n) is 4.82. The Morgan fingerprint density at radius 2 is 2.24 bits per heavy atom. The molecule has 1 rings (SSSR count). The van der Waals surface area contributed by atoms with Crippen molar-refractivity contribution in [3.8, 4) is 0 Å². The molecule has 1 aromatic heterocycles. The summed E-state index contributed by atoms with van der Waals surface area (Å²) in [5.74, 6) is -1.12. The predicted octanol–water partition coefficient (Wildman–Crippen LogP) is 1.33. The molecule has 0 amide bonds. The Balaban J connectivity index is 2.35. The molecule has 0 saturated heterocycles. The zero-order valence-electron chi connectivity index (χ0n) is 9.12. The summed E-state index contributed by atoms with van der Waals surface area (Å²) in [6.07, 6.45) is -3.92. The lowest BCUT2D eigenvalue weighted by atomic mass is 10.2. The van der Waals surface area contributed by atoms with E-state index in [1.807, 2.05) is 0 Å². The monoisotopic (exact) mass is 270 g/mol. The summed E-state index contributed by atoms with van der Waals surface area (Å²) in [6.45, 7) is 0.836. The van der Waals surface area contributed by atoms with Gasteiger partial charge in [0.1, 0.15) is 0 Å². The third kappa shape index (κ3) is 4.84. The van der Waals surface area contributed by atoms with Crippen molar-refractivity contribution >= 4 is 16.7 Å². The van der Waals surface area contributed by atoms with Crippen LogP contribution in [0.5, 0.6) is 0 Å². The number of nitrogens with one attached hydrogen (secondary N) is 1. The molecule has 0 radical (unpaired) electrons. The molecule has 5 nitrogen and oxygen atoms in total. The molecule has 1 unspecified atom stereocenters. The number of anilines is 1. The van der Waals surface area contributed by atoms with Gasteiger partial charge in [-0.25, -0.2) is 0 Å². The SMILES string of the molecule is COCC(N)CCNc1nc(C(F)(F)F)ns1. The highest BCUT2D eigenvalue weighted by Crippen LogP contribution is 2.28. The van der Waals surface area contributed by atoms with Crippen molar-refractivity contribution < 1.29 is 17.9 Å². The molecule has 3 N–H and O–H groups in total. The third-order valence-corrected chi connectivity index (χ3v) is 2.52. The standard InChI is InChI=1S/C8H13F3N4OS/c1-16-4-5(12)2-3-13-7-14-6(15-17-7)8(9,10)11/h5H,2-4,12H2,1H3,(H,13,14,15). The van der Waals surface area contributed by atoms with Crippen LogP contribution >= 0.6 is 11.5 Å². The van der Waals surface area contributed by atoms with Crippen LogP contribution in [0.2, 0.25) is 0 Å². The maximum atomic E-state index is 12.2. The van der Waals surface area contributed by atoms with E-state index in [9.17, 15) is 13.2 Å². The molecule has 9 heteroatoms. The zero-order valence-corrected chi connectivity index (χ0v) is 9.94. The number of ether oxygens (including phenoxy) is 1. The summed E-state index contributed by atoms with van der Waals surface area (Å²) < 4.78 is 44.5. The largest absolute Gasteiger partial charge is 0.452 e. The van der Waals surface area contributed by atoms with Gasteiger partial charge in [0.05, 0.1) is 6.61 Å². The quantitative estimate of drug-likeness (QED) is 0.816. The van der Waals surface area contributed by atoms with Crippen molar-refractivity contribution in [3.05, 3.63) is 5.82 Å². The molecule has 0 aromatic carbocycles. The second-order valence-electron chi connectivity index (χ2n) is 3.35. The molecule has 17 heavy (non-hydrogen) atoms. The minimum Gasteiger partial charge on any atom is -0.383 e. The molecule has 0 aliphatic carbocycles. The van der Waals surface area contributed by atoms with Crippen molar-refractivity contribution in [1.29, 1.82) is 0 Å². The molecule has 0 fully saturated rings. The van der Waals surface area contributed by atoms with E-state index in [0.717, 1.165) is 0 Å². The van der Waals surface area contributed by atoms with E-state index in [1.54, 1.807) is 0 Å². The summed E-state index contributed by atoms with van der Waals surface area (Å²) >= 11 is 0.677. The molecule has 1 atom stereocenters. The van der Waals surface area contributed by atoms with Gasteiger partial charge in [0.25, 0.3) is 0 Å². The van der Waals surface area contributed by atoms with Gasteiger partial charge in [-0.3, -0.25) is 0 Å². The lowest BCUT2D eigenvalue weighted by molar-refractivity contribution is -0.144. The second kappa shape index (κ2) is 6.12. The van der Waals surface area contributed by atoms with Gasteiger partial charge in [-0.05, 0) is 6.42 Å². The fourth-order valence-corrected chi connectivity index (χ4v) is 1.68. The summed E-state index contributed by atoms with van der Waals surface area (Å²) in [6, 6.07) is -0.150. The molecule has 1 aromatic rings. The predicted molar refractivity (Wildman–Crippen MR) is 57.9 cm³/mol. The lowest BCUT2D eigenvalue weighted by Gasteiger charge is -2.09. The molecule has 0 aliphatic rings. The Hall–Kier alpha value is -0.930. The van der Waals surface area contributed by atoms with Gasteiger partial charge in [-0.2, -0.15) is 22.5 Å². The second-order valence-corrected chi connectivity index (χ2v) is 4.10. The minimum atomic E-state index is -4.50. The van der Waals surface area contributed by atoms with Gasteiger partial charge in [-0.15, -0.1) is 0 Å². The van der Waals surface area contributed by atoms with E-state index < -0.39 is 12.0 Å². The smallest absolute Gasteiger partial charge is 0.383 e. The molecule has 0 aliphatic heterocycles. The Labute approximate surface area is 100 Å². The Morgan fingerprint density at radius 3 is 2.76 bits per heavy atom. The number of rotatable bonds is 6. The van der Waals surface area contributed by atoms with Crippen molar-refractivity contribution in [3.63, 3.8) is 0 Å². The number of aromatic nitrogens is 2. The van der Waals surface area contributed by atoms with Gasteiger partial charge < -0.3 is 15.8 Å². The fourth-order valence-electron chi connectivity index (χ4n) is 1.07. The van der Waals surface area contributed by atoms with E-state index in [0.29, 0.717) is 31.1 Å². The molecule has 0 saturated carbocycles. The van der Waals surface area contributed by atoms with Gasteiger partial charge in [-0.1, -0.05) is 0 Å². The van der Waals surface area contributed by atoms with Crippen LogP contribution in [0.3, 0.4) is 0 Å². The van der Waals surface area contributed by atoms with Crippen LogP contribution in [0.25, 0.3) is 0 Å². The average Bonchev–Trinajstić information content (AvgIpc) is 2.66. The van der Waals surface area contributed by atoms with Crippen LogP contribution in [-0.4, -0.2) is 35.7 Å². The summed E-state index contributed by atoms with van der Waals surface area (Å²) in [4.78, 5) is 3.32. The topological polar surface area (TPSA) is 73.1 Å². The Bertz CT molecular complexity index is 344. The van der Waals surface area contributed by atoms with Crippen LogP contribution in [0.1, 0.15) is 12.2 Å². The van der Waals surface area contributed by atoms with Crippen LogP contribution in [0.15, 0.2) is 0 Å². The zero-order chi connectivity index (χ0) is 12.9. The Morgan fingerprint density at radius 1 is 1.53 bits per heavy atom. The van der Waals surface area contributed by atoms with E-state index in [1.165, 1.54) is 7.11 Å². The maximum Gasteiger partial charge on any atom is 0.452 e. The first kappa shape index (κ1) is 14.1. The van der Waals surface area contributed by atoms with Crippen molar-refractivity contribution in [2.45, 2.75) is 18.6 Å². The molecule has 98 valence electrons. The van der Waals surface area contributed by atoms with Crippen LogP contribution < -0.4 is 11.1 Å². The van der Waals surface area contributed by atoms with E-state index >= 15 is 0 Å². The first-order chi connectivity index (χ1) is 7.93. The normalized spacial score (nSPS) is 13.7. The number of nitrogens with two attached hydrogens (primary N) is 1. The molecular weight excluding hydrogens is 257 g/mol. The summed E-state index contributed by atoms with van der Waals surface area (Å²) in [5, 5.41) is 2.88. The highest BCUT2D eigenvalue weighted by Gasteiger charge is 2.36. The average molecular weight is 270 g/mol. The van der Waals surface area contributed by atoms with E-state index in [-0.39, 0.29) is 11.2 Å². The lowest BCUT2D eigenvalue weighted by Crippen LogP contribution is -2.28. The fraction of sp³-hybridized carbons (Fsp3) is 0.750. The number of methoxy groups -OCH3 is 1. The van der Waals surface area contributed by atoms with Crippen molar-refractivity contribution in [2.75, 3.05) is 25.6 Å².